The van der Waals surface area contributed by atoms with Gasteiger partial charge in [-0.05, 0) is 50.1 Å². The smallest absolute Gasteiger partial charge is 0.251 e. The molecule has 8 heteroatoms. The SMILES string of the molecule is C=CCn1c(SCC(=O)Nc2ccc(CC)cc2)nnc1[C@H](C)NC(=O)c1cccc(C)c1. The molecule has 2 aromatic carbocycles. The summed E-state index contributed by atoms with van der Waals surface area (Å²) in [6, 6.07) is 14.9. The monoisotopic (exact) mass is 463 g/mol. The molecule has 0 unspecified atom stereocenters. The number of rotatable bonds is 10. The van der Waals surface area contributed by atoms with Crippen LogP contribution in [0.4, 0.5) is 5.69 Å². The zero-order valence-corrected chi connectivity index (χ0v) is 20.0. The van der Waals surface area contributed by atoms with E-state index < -0.39 is 0 Å². The molecule has 0 spiro atoms. The molecule has 1 heterocycles. The number of carbonyl (C=O) groups is 2. The van der Waals surface area contributed by atoms with Crippen LogP contribution in [0.15, 0.2) is 66.3 Å². The van der Waals surface area contributed by atoms with Gasteiger partial charge in [0.1, 0.15) is 0 Å². The van der Waals surface area contributed by atoms with Gasteiger partial charge < -0.3 is 15.2 Å². The van der Waals surface area contributed by atoms with Gasteiger partial charge in [0.15, 0.2) is 11.0 Å². The van der Waals surface area contributed by atoms with E-state index in [2.05, 4.69) is 34.3 Å². The number of hydrogen-bond donors (Lipinski definition) is 2. The second-order valence-electron chi connectivity index (χ2n) is 7.69. The summed E-state index contributed by atoms with van der Waals surface area (Å²) < 4.78 is 1.86. The Bertz CT molecular complexity index is 1120. The van der Waals surface area contributed by atoms with Crippen molar-refractivity contribution in [2.45, 2.75) is 44.9 Å². The quantitative estimate of drug-likeness (QED) is 0.340. The number of amides is 2. The Morgan fingerprint density at radius 3 is 2.61 bits per heavy atom. The lowest BCUT2D eigenvalue weighted by atomic mass is 10.1. The summed E-state index contributed by atoms with van der Waals surface area (Å²) >= 11 is 1.29. The van der Waals surface area contributed by atoms with Gasteiger partial charge in [-0.3, -0.25) is 9.59 Å². The Morgan fingerprint density at radius 2 is 1.94 bits per heavy atom. The number of thioether (sulfide) groups is 1. The van der Waals surface area contributed by atoms with Gasteiger partial charge in [0, 0.05) is 17.8 Å². The lowest BCUT2D eigenvalue weighted by Crippen LogP contribution is -2.28. The van der Waals surface area contributed by atoms with Crippen molar-refractivity contribution in [3.63, 3.8) is 0 Å². The summed E-state index contributed by atoms with van der Waals surface area (Å²) in [4.78, 5) is 25.1. The minimum absolute atomic E-state index is 0.125. The number of aromatic nitrogens is 3. The first-order chi connectivity index (χ1) is 15.9. The van der Waals surface area contributed by atoms with Crippen molar-refractivity contribution in [1.82, 2.24) is 20.1 Å². The van der Waals surface area contributed by atoms with Crippen LogP contribution < -0.4 is 10.6 Å². The molecule has 1 aromatic heterocycles. The van der Waals surface area contributed by atoms with E-state index in [1.54, 1.807) is 12.1 Å². The number of carbonyl (C=O) groups excluding carboxylic acids is 2. The topological polar surface area (TPSA) is 88.9 Å². The van der Waals surface area contributed by atoms with Crippen LogP contribution in [-0.4, -0.2) is 32.3 Å². The van der Waals surface area contributed by atoms with Crippen LogP contribution in [0.5, 0.6) is 0 Å². The highest BCUT2D eigenvalue weighted by Crippen LogP contribution is 2.22. The van der Waals surface area contributed by atoms with Crippen LogP contribution >= 0.6 is 11.8 Å². The fourth-order valence-corrected chi connectivity index (χ4v) is 4.06. The predicted molar refractivity (Wildman–Crippen MR) is 132 cm³/mol. The van der Waals surface area contributed by atoms with Gasteiger partial charge in [0.25, 0.3) is 5.91 Å². The normalized spacial score (nSPS) is 11.6. The fraction of sp³-hybridized carbons (Fsp3) is 0.280. The first-order valence-corrected chi connectivity index (χ1v) is 11.8. The average molecular weight is 464 g/mol. The third-order valence-electron chi connectivity index (χ3n) is 5.05. The van der Waals surface area contributed by atoms with Gasteiger partial charge in [-0.25, -0.2) is 0 Å². The van der Waals surface area contributed by atoms with Crippen molar-refractivity contribution in [3.8, 4) is 0 Å². The van der Waals surface area contributed by atoms with E-state index in [4.69, 9.17) is 0 Å². The summed E-state index contributed by atoms with van der Waals surface area (Å²) in [7, 11) is 0. The van der Waals surface area contributed by atoms with E-state index >= 15 is 0 Å². The maximum absolute atomic E-state index is 12.6. The lowest BCUT2D eigenvalue weighted by Gasteiger charge is -2.15. The maximum atomic E-state index is 12.6. The van der Waals surface area contributed by atoms with E-state index in [1.165, 1.54) is 17.3 Å². The second-order valence-corrected chi connectivity index (χ2v) is 8.63. The Kier molecular flexibility index (Phi) is 8.43. The van der Waals surface area contributed by atoms with Crippen molar-refractivity contribution < 1.29 is 9.59 Å². The van der Waals surface area contributed by atoms with Crippen LogP contribution in [0.2, 0.25) is 0 Å². The van der Waals surface area contributed by atoms with Crippen molar-refractivity contribution >= 4 is 29.3 Å². The molecule has 0 bridgehead atoms. The summed E-state index contributed by atoms with van der Waals surface area (Å²) in [5.74, 6) is 0.491. The fourth-order valence-electron chi connectivity index (χ4n) is 3.31. The molecule has 0 aliphatic heterocycles. The molecular weight excluding hydrogens is 434 g/mol. The van der Waals surface area contributed by atoms with Crippen LogP contribution in [0.25, 0.3) is 0 Å². The largest absolute Gasteiger partial charge is 0.342 e. The molecule has 33 heavy (non-hydrogen) atoms. The summed E-state index contributed by atoms with van der Waals surface area (Å²) in [6.07, 6.45) is 2.69. The van der Waals surface area contributed by atoms with E-state index in [-0.39, 0.29) is 23.6 Å². The number of nitrogens with one attached hydrogen (secondary N) is 2. The number of benzene rings is 2. The predicted octanol–water partition coefficient (Wildman–Crippen LogP) is 4.56. The third-order valence-corrected chi connectivity index (χ3v) is 6.02. The molecular formula is C25H29N5O2S. The number of nitrogens with zero attached hydrogens (tertiary/aromatic N) is 3. The highest BCUT2D eigenvalue weighted by Gasteiger charge is 2.20. The summed E-state index contributed by atoms with van der Waals surface area (Å²) in [5, 5.41) is 15.0. The number of hydrogen-bond acceptors (Lipinski definition) is 5. The van der Waals surface area contributed by atoms with Crippen molar-refractivity contribution in [2.24, 2.45) is 0 Å². The van der Waals surface area contributed by atoms with Gasteiger partial charge in [-0.1, -0.05) is 54.6 Å². The minimum Gasteiger partial charge on any atom is -0.342 e. The molecule has 0 saturated heterocycles. The highest BCUT2D eigenvalue weighted by molar-refractivity contribution is 7.99. The Morgan fingerprint density at radius 1 is 1.18 bits per heavy atom. The van der Waals surface area contributed by atoms with E-state index in [0.29, 0.717) is 23.1 Å². The maximum Gasteiger partial charge on any atom is 0.251 e. The average Bonchev–Trinajstić information content (AvgIpc) is 3.21. The summed E-state index contributed by atoms with van der Waals surface area (Å²) in [6.45, 7) is 10.2. The van der Waals surface area contributed by atoms with Crippen molar-refractivity contribution in [2.75, 3.05) is 11.1 Å². The van der Waals surface area contributed by atoms with Crippen LogP contribution in [-0.2, 0) is 17.8 Å². The molecule has 0 aliphatic carbocycles. The molecule has 0 saturated carbocycles. The zero-order valence-electron chi connectivity index (χ0n) is 19.2. The first kappa shape index (κ1) is 24.3. The minimum atomic E-state index is -0.370. The molecule has 172 valence electrons. The zero-order chi connectivity index (χ0) is 23.8. The molecule has 1 atom stereocenters. The molecule has 0 radical (unpaired) electrons. The number of anilines is 1. The van der Waals surface area contributed by atoms with E-state index in [9.17, 15) is 9.59 Å². The highest BCUT2D eigenvalue weighted by atomic mass is 32.2. The first-order valence-electron chi connectivity index (χ1n) is 10.8. The molecule has 3 rings (SSSR count). The molecule has 0 aliphatic rings. The van der Waals surface area contributed by atoms with E-state index in [1.807, 2.05) is 60.9 Å². The number of allylic oxidation sites excluding steroid dienone is 1. The van der Waals surface area contributed by atoms with Crippen LogP contribution in [0, 0.1) is 6.92 Å². The van der Waals surface area contributed by atoms with Crippen LogP contribution in [0.1, 0.15) is 47.2 Å². The lowest BCUT2D eigenvalue weighted by molar-refractivity contribution is -0.113. The van der Waals surface area contributed by atoms with Gasteiger partial charge in [0.2, 0.25) is 5.91 Å². The third kappa shape index (κ3) is 6.55. The number of aryl methyl sites for hydroxylation is 2. The van der Waals surface area contributed by atoms with Crippen molar-refractivity contribution in [3.05, 3.63) is 83.7 Å². The van der Waals surface area contributed by atoms with Crippen molar-refractivity contribution in [1.29, 1.82) is 0 Å². The second kappa shape index (κ2) is 11.5. The van der Waals surface area contributed by atoms with Gasteiger partial charge in [0.05, 0.1) is 11.8 Å². The van der Waals surface area contributed by atoms with Crippen LogP contribution in [0.3, 0.4) is 0 Å². The molecule has 3 aromatic rings. The molecule has 2 amide bonds. The standard InChI is InChI=1S/C25H29N5O2S/c1-5-14-30-23(18(4)26-24(32)20-9-7-8-17(3)15-20)28-29-25(30)33-16-22(31)27-21-12-10-19(6-2)11-13-21/h5,7-13,15,18H,1,6,14,16H2,2-4H3,(H,26,32)(H,27,31)/t18-/m0/s1. The van der Waals surface area contributed by atoms with Gasteiger partial charge in [-0.15, -0.1) is 16.8 Å². The summed E-state index contributed by atoms with van der Waals surface area (Å²) in [5.41, 5.74) is 3.59. The Balaban J connectivity index is 1.64. The molecule has 2 N–H and O–H groups in total. The Labute approximate surface area is 198 Å². The Hall–Kier alpha value is -3.39. The van der Waals surface area contributed by atoms with E-state index in [0.717, 1.165) is 17.7 Å². The molecule has 7 nitrogen and oxygen atoms in total. The molecule has 0 fully saturated rings. The van der Waals surface area contributed by atoms with Gasteiger partial charge >= 0.3 is 0 Å². The van der Waals surface area contributed by atoms with Gasteiger partial charge in [-0.2, -0.15) is 0 Å².